The van der Waals surface area contributed by atoms with Crippen LogP contribution in [0, 0.1) is 0 Å². The van der Waals surface area contributed by atoms with Crippen LogP contribution in [0.5, 0.6) is 0 Å². The Morgan fingerprint density at radius 1 is 1.58 bits per heavy atom. The van der Waals surface area contributed by atoms with Gasteiger partial charge in [-0.25, -0.2) is 4.72 Å². The van der Waals surface area contributed by atoms with Crippen LogP contribution in [-0.2, 0) is 10.2 Å². The fourth-order valence-corrected chi connectivity index (χ4v) is 2.32. The Bertz CT molecular complexity index is 233. The summed E-state index contributed by atoms with van der Waals surface area (Å²) >= 11 is 0. The van der Waals surface area contributed by atoms with E-state index in [1.54, 1.807) is 0 Å². The molecule has 1 heterocycles. The third kappa shape index (κ3) is 2.16. The molecule has 12 heavy (non-hydrogen) atoms. The Labute approximate surface area is 72.6 Å². The number of hydrogen-bond donors (Lipinski definition) is 2. The summed E-state index contributed by atoms with van der Waals surface area (Å²) in [5.41, 5.74) is 0. The molecule has 0 aromatic rings. The van der Waals surface area contributed by atoms with E-state index in [0.29, 0.717) is 6.54 Å². The molecular formula is C6H14N2O3S. The molecule has 1 saturated heterocycles. The summed E-state index contributed by atoms with van der Waals surface area (Å²) in [5, 5.41) is 8.87. The van der Waals surface area contributed by atoms with Crippen molar-refractivity contribution in [2.75, 3.05) is 19.6 Å². The van der Waals surface area contributed by atoms with Crippen molar-refractivity contribution in [2.45, 2.75) is 19.4 Å². The molecule has 1 fully saturated rings. The van der Waals surface area contributed by atoms with E-state index in [9.17, 15) is 8.42 Å². The Morgan fingerprint density at radius 2 is 2.17 bits per heavy atom. The van der Waals surface area contributed by atoms with Gasteiger partial charge in [-0.15, -0.1) is 0 Å². The lowest BCUT2D eigenvalue weighted by Crippen LogP contribution is -2.56. The largest absolute Gasteiger partial charge is 0.390 e. The van der Waals surface area contributed by atoms with Crippen LogP contribution in [0.25, 0.3) is 0 Å². The fraction of sp³-hybridized carbons (Fsp3) is 1.00. The first kappa shape index (κ1) is 9.91. The molecule has 0 saturated carbocycles. The zero-order valence-corrected chi connectivity index (χ0v) is 7.84. The third-order valence-electron chi connectivity index (χ3n) is 1.70. The minimum atomic E-state index is -3.30. The lowest BCUT2D eigenvalue weighted by Gasteiger charge is -2.34. The van der Waals surface area contributed by atoms with Crippen LogP contribution < -0.4 is 4.72 Å². The second-order valence-corrected chi connectivity index (χ2v) is 4.63. The smallest absolute Gasteiger partial charge is 0.279 e. The molecule has 0 amide bonds. The van der Waals surface area contributed by atoms with Crippen molar-refractivity contribution in [3.05, 3.63) is 0 Å². The first-order valence-corrected chi connectivity index (χ1v) is 5.43. The van der Waals surface area contributed by atoms with E-state index in [1.165, 1.54) is 4.31 Å². The van der Waals surface area contributed by atoms with Crippen LogP contribution in [0.2, 0.25) is 0 Å². The summed E-state index contributed by atoms with van der Waals surface area (Å²) in [6.45, 7) is 2.79. The van der Waals surface area contributed by atoms with Crippen molar-refractivity contribution < 1.29 is 13.5 Å². The maximum atomic E-state index is 11.2. The molecule has 0 radical (unpaired) electrons. The van der Waals surface area contributed by atoms with Gasteiger partial charge in [0.05, 0.1) is 6.10 Å². The van der Waals surface area contributed by atoms with Crippen molar-refractivity contribution in [3.8, 4) is 0 Å². The normalized spacial score (nSPS) is 20.8. The quantitative estimate of drug-likeness (QED) is 0.597. The highest BCUT2D eigenvalue weighted by molar-refractivity contribution is 7.87. The molecule has 0 aromatic heterocycles. The van der Waals surface area contributed by atoms with Gasteiger partial charge in [0.1, 0.15) is 0 Å². The number of nitrogens with zero attached hydrogens (tertiary/aromatic N) is 1. The molecule has 1 aliphatic rings. The standard InChI is InChI=1S/C6H14N2O3S/c1-2-3-7-12(10,11)8-4-6(9)5-8/h6-7,9H,2-5H2,1H3. The van der Waals surface area contributed by atoms with E-state index < -0.39 is 16.3 Å². The van der Waals surface area contributed by atoms with Gasteiger partial charge in [0.2, 0.25) is 0 Å². The number of β-amino-alcohol motifs (C(OH)–C–C–N with tert-alkyl or cyclic N) is 1. The van der Waals surface area contributed by atoms with Crippen LogP contribution >= 0.6 is 0 Å². The first-order valence-electron chi connectivity index (χ1n) is 3.99. The van der Waals surface area contributed by atoms with Crippen molar-refractivity contribution in [2.24, 2.45) is 0 Å². The summed E-state index contributed by atoms with van der Waals surface area (Å²) in [6.07, 6.45) is 0.290. The van der Waals surface area contributed by atoms with Crippen LogP contribution in [0.15, 0.2) is 0 Å². The molecule has 0 aromatic carbocycles. The van der Waals surface area contributed by atoms with Crippen molar-refractivity contribution in [1.82, 2.24) is 9.03 Å². The van der Waals surface area contributed by atoms with Gasteiger partial charge in [-0.3, -0.25) is 0 Å². The summed E-state index contributed by atoms with van der Waals surface area (Å²) in [4.78, 5) is 0. The summed E-state index contributed by atoms with van der Waals surface area (Å²) in [7, 11) is -3.30. The second-order valence-electron chi connectivity index (χ2n) is 2.87. The topological polar surface area (TPSA) is 69.6 Å². The molecule has 2 N–H and O–H groups in total. The Kier molecular flexibility index (Phi) is 3.05. The minimum absolute atomic E-state index is 0.221. The second kappa shape index (κ2) is 3.69. The average molecular weight is 194 g/mol. The Balaban J connectivity index is 2.39. The number of aliphatic hydroxyl groups excluding tert-OH is 1. The van der Waals surface area contributed by atoms with Gasteiger partial charge in [-0.2, -0.15) is 12.7 Å². The van der Waals surface area contributed by atoms with E-state index in [1.807, 2.05) is 6.92 Å². The molecule has 1 rings (SSSR count). The number of rotatable bonds is 4. The third-order valence-corrected chi connectivity index (χ3v) is 3.25. The minimum Gasteiger partial charge on any atom is -0.390 e. The van der Waals surface area contributed by atoms with Crippen molar-refractivity contribution in [1.29, 1.82) is 0 Å². The maximum absolute atomic E-state index is 11.2. The molecule has 0 atom stereocenters. The van der Waals surface area contributed by atoms with E-state index in [0.717, 1.165) is 6.42 Å². The van der Waals surface area contributed by atoms with Crippen molar-refractivity contribution in [3.63, 3.8) is 0 Å². The zero-order valence-electron chi connectivity index (χ0n) is 7.02. The van der Waals surface area contributed by atoms with Crippen molar-refractivity contribution >= 4 is 10.2 Å². The van der Waals surface area contributed by atoms with Gasteiger partial charge >= 0.3 is 0 Å². The molecule has 0 unspecified atom stereocenters. The first-order chi connectivity index (χ1) is 5.56. The fourth-order valence-electron chi connectivity index (χ4n) is 0.935. The maximum Gasteiger partial charge on any atom is 0.279 e. The molecule has 0 bridgehead atoms. The van der Waals surface area contributed by atoms with Gasteiger partial charge in [0.15, 0.2) is 0 Å². The van der Waals surface area contributed by atoms with E-state index in [4.69, 9.17) is 5.11 Å². The van der Waals surface area contributed by atoms with Crippen LogP contribution in [0.1, 0.15) is 13.3 Å². The molecule has 5 nitrogen and oxygen atoms in total. The van der Waals surface area contributed by atoms with E-state index >= 15 is 0 Å². The monoisotopic (exact) mass is 194 g/mol. The molecule has 0 aliphatic carbocycles. The molecule has 1 aliphatic heterocycles. The predicted octanol–water partition coefficient (Wildman–Crippen LogP) is -1.09. The van der Waals surface area contributed by atoms with Crippen LogP contribution in [0.4, 0.5) is 0 Å². The predicted molar refractivity (Wildman–Crippen MR) is 44.8 cm³/mol. The summed E-state index contributed by atoms with van der Waals surface area (Å²) in [6, 6.07) is 0. The number of hydrogen-bond acceptors (Lipinski definition) is 3. The number of nitrogens with one attached hydrogen (secondary N) is 1. The van der Waals surface area contributed by atoms with Crippen LogP contribution in [-0.4, -0.2) is 43.6 Å². The zero-order chi connectivity index (χ0) is 9.19. The molecule has 6 heteroatoms. The number of aliphatic hydroxyl groups is 1. The molecule has 0 spiro atoms. The summed E-state index contributed by atoms with van der Waals surface area (Å²) in [5.74, 6) is 0. The Morgan fingerprint density at radius 3 is 2.58 bits per heavy atom. The van der Waals surface area contributed by atoms with Crippen LogP contribution in [0.3, 0.4) is 0 Å². The molecular weight excluding hydrogens is 180 g/mol. The highest BCUT2D eigenvalue weighted by atomic mass is 32.2. The van der Waals surface area contributed by atoms with E-state index in [2.05, 4.69) is 4.72 Å². The van der Waals surface area contributed by atoms with Gasteiger partial charge in [-0.1, -0.05) is 6.92 Å². The van der Waals surface area contributed by atoms with Gasteiger partial charge < -0.3 is 5.11 Å². The van der Waals surface area contributed by atoms with Gasteiger partial charge in [0.25, 0.3) is 10.2 Å². The van der Waals surface area contributed by atoms with Gasteiger partial charge in [-0.05, 0) is 6.42 Å². The van der Waals surface area contributed by atoms with E-state index in [-0.39, 0.29) is 13.1 Å². The highest BCUT2D eigenvalue weighted by Gasteiger charge is 2.33. The average Bonchev–Trinajstić information content (AvgIpc) is 1.95. The Hall–Kier alpha value is -0.170. The van der Waals surface area contributed by atoms with Gasteiger partial charge in [0, 0.05) is 19.6 Å². The lowest BCUT2D eigenvalue weighted by molar-refractivity contribution is 0.0539. The SMILES string of the molecule is CCCNS(=O)(=O)N1CC(O)C1. The molecule has 72 valence electrons. The lowest BCUT2D eigenvalue weighted by atomic mass is 10.2. The summed E-state index contributed by atoms with van der Waals surface area (Å²) < 4.78 is 26.1. The highest BCUT2D eigenvalue weighted by Crippen LogP contribution is 2.11.